The van der Waals surface area contributed by atoms with Crippen molar-refractivity contribution in [2.24, 2.45) is 0 Å². The third kappa shape index (κ3) is 2.20. The number of piperazine rings is 1. The van der Waals surface area contributed by atoms with Crippen LogP contribution in [0.4, 0.5) is 11.5 Å². The van der Waals surface area contributed by atoms with Crippen molar-refractivity contribution in [3.05, 3.63) is 27.9 Å². The fourth-order valence-corrected chi connectivity index (χ4v) is 1.68. The van der Waals surface area contributed by atoms with Crippen molar-refractivity contribution in [1.29, 1.82) is 5.26 Å². The number of pyridine rings is 1. The van der Waals surface area contributed by atoms with E-state index in [1.54, 1.807) is 11.0 Å². The maximum absolute atomic E-state index is 11.2. The molecule has 1 aromatic heterocycles. The summed E-state index contributed by atoms with van der Waals surface area (Å²) < 4.78 is 0. The molecule has 0 saturated carbocycles. The van der Waals surface area contributed by atoms with E-state index in [1.165, 1.54) is 12.1 Å². The van der Waals surface area contributed by atoms with Gasteiger partial charge in [0, 0.05) is 19.2 Å². The van der Waals surface area contributed by atoms with Gasteiger partial charge in [-0.2, -0.15) is 5.26 Å². The van der Waals surface area contributed by atoms with Gasteiger partial charge in [-0.25, -0.2) is 4.98 Å². The molecule has 1 aliphatic rings. The quantitative estimate of drug-likeness (QED) is 0.572. The molecule has 1 aliphatic heterocycles. The van der Waals surface area contributed by atoms with Gasteiger partial charge in [-0.1, -0.05) is 0 Å². The minimum absolute atomic E-state index is 0.135. The van der Waals surface area contributed by atoms with E-state index in [2.05, 4.69) is 10.3 Å². The van der Waals surface area contributed by atoms with Crippen molar-refractivity contribution in [3.8, 4) is 6.07 Å². The van der Waals surface area contributed by atoms with Gasteiger partial charge in [0.2, 0.25) is 11.6 Å². The van der Waals surface area contributed by atoms with Gasteiger partial charge in [-0.15, -0.1) is 0 Å². The molecule has 0 aliphatic carbocycles. The highest BCUT2D eigenvalue weighted by atomic mass is 16.6. The Hall–Kier alpha value is -2.69. The number of nitro groups is 1. The van der Waals surface area contributed by atoms with Crippen molar-refractivity contribution in [2.75, 3.05) is 24.5 Å². The molecule has 0 spiro atoms. The van der Waals surface area contributed by atoms with Crippen LogP contribution in [-0.4, -0.2) is 35.4 Å². The van der Waals surface area contributed by atoms with Crippen LogP contribution in [0.15, 0.2) is 12.1 Å². The van der Waals surface area contributed by atoms with Crippen LogP contribution in [0, 0.1) is 21.4 Å². The Morgan fingerprint density at radius 2 is 2.33 bits per heavy atom. The van der Waals surface area contributed by atoms with E-state index in [0.29, 0.717) is 18.9 Å². The Bertz CT molecular complexity index is 551. The average molecular weight is 247 g/mol. The molecule has 0 aromatic carbocycles. The molecule has 1 aromatic rings. The number of nitrogens with zero attached hydrogens (tertiary/aromatic N) is 4. The predicted molar refractivity (Wildman–Crippen MR) is 60.8 cm³/mol. The largest absolute Gasteiger partial charge is 0.353 e. The standard InChI is InChI=1S/C10H9N5O3/c11-5-7-8(15(17)18)1-2-9(13-7)14-4-3-12-10(16)6-14/h1-2H,3-4,6H2,(H,12,16). The smallest absolute Gasteiger partial charge is 0.305 e. The number of hydrogen-bond acceptors (Lipinski definition) is 6. The number of rotatable bonds is 2. The monoisotopic (exact) mass is 247 g/mol. The van der Waals surface area contributed by atoms with Crippen molar-refractivity contribution in [2.45, 2.75) is 0 Å². The van der Waals surface area contributed by atoms with Gasteiger partial charge < -0.3 is 10.2 Å². The second kappa shape index (κ2) is 4.67. The van der Waals surface area contributed by atoms with Gasteiger partial charge in [0.1, 0.15) is 11.9 Å². The summed E-state index contributed by atoms with van der Waals surface area (Å²) in [6, 6.07) is 4.36. The van der Waals surface area contributed by atoms with Crippen LogP contribution < -0.4 is 10.2 Å². The van der Waals surface area contributed by atoms with E-state index in [9.17, 15) is 14.9 Å². The summed E-state index contributed by atoms with van der Waals surface area (Å²) in [5.74, 6) is 0.256. The summed E-state index contributed by atoms with van der Waals surface area (Å²) in [7, 11) is 0. The Labute approximate surface area is 102 Å². The normalized spacial score (nSPS) is 14.8. The SMILES string of the molecule is N#Cc1nc(N2CCNC(=O)C2)ccc1[N+](=O)[O-]. The van der Waals surface area contributed by atoms with Gasteiger partial charge in [0.25, 0.3) is 0 Å². The molecule has 2 rings (SSSR count). The van der Waals surface area contributed by atoms with Crippen molar-refractivity contribution in [3.63, 3.8) is 0 Å². The second-order valence-corrected chi connectivity index (χ2v) is 3.68. The lowest BCUT2D eigenvalue weighted by atomic mass is 10.3. The highest BCUT2D eigenvalue weighted by Crippen LogP contribution is 2.20. The average Bonchev–Trinajstić information content (AvgIpc) is 2.37. The minimum Gasteiger partial charge on any atom is -0.353 e. The summed E-state index contributed by atoms with van der Waals surface area (Å²) >= 11 is 0. The summed E-state index contributed by atoms with van der Waals surface area (Å²) in [5, 5.41) is 22.1. The number of amides is 1. The summed E-state index contributed by atoms with van der Waals surface area (Å²) in [5.41, 5.74) is -0.578. The molecule has 1 saturated heterocycles. The van der Waals surface area contributed by atoms with E-state index in [-0.39, 0.29) is 23.8 Å². The number of aromatic nitrogens is 1. The third-order valence-corrected chi connectivity index (χ3v) is 2.52. The first kappa shape index (κ1) is 11.8. The van der Waals surface area contributed by atoms with Gasteiger partial charge in [0.15, 0.2) is 0 Å². The number of hydrogen-bond donors (Lipinski definition) is 1. The van der Waals surface area contributed by atoms with Gasteiger partial charge in [-0.05, 0) is 6.07 Å². The molecule has 0 radical (unpaired) electrons. The summed E-state index contributed by atoms with van der Waals surface area (Å²) in [6.07, 6.45) is 0. The van der Waals surface area contributed by atoms with Crippen LogP contribution in [0.1, 0.15) is 5.69 Å². The third-order valence-electron chi connectivity index (χ3n) is 2.52. The molecule has 8 nitrogen and oxygen atoms in total. The zero-order valence-electron chi connectivity index (χ0n) is 9.29. The Morgan fingerprint density at radius 1 is 1.56 bits per heavy atom. The molecule has 0 unspecified atom stereocenters. The van der Waals surface area contributed by atoms with Crippen molar-refractivity contribution >= 4 is 17.4 Å². The number of nitriles is 1. The lowest BCUT2D eigenvalue weighted by Crippen LogP contribution is -2.48. The highest BCUT2D eigenvalue weighted by molar-refractivity contribution is 5.82. The van der Waals surface area contributed by atoms with E-state index < -0.39 is 4.92 Å². The molecule has 0 atom stereocenters. The second-order valence-electron chi connectivity index (χ2n) is 3.68. The van der Waals surface area contributed by atoms with Crippen LogP contribution in [0.2, 0.25) is 0 Å². The molecular weight excluding hydrogens is 238 g/mol. The first-order valence-electron chi connectivity index (χ1n) is 5.19. The fourth-order valence-electron chi connectivity index (χ4n) is 1.68. The molecule has 1 fully saturated rings. The zero-order chi connectivity index (χ0) is 13.1. The topological polar surface area (TPSA) is 112 Å². The van der Waals surface area contributed by atoms with E-state index in [0.717, 1.165) is 0 Å². The summed E-state index contributed by atoms with van der Waals surface area (Å²) in [6.45, 7) is 1.18. The highest BCUT2D eigenvalue weighted by Gasteiger charge is 2.21. The van der Waals surface area contributed by atoms with Crippen LogP contribution in [0.25, 0.3) is 0 Å². The maximum atomic E-state index is 11.2. The lowest BCUT2D eigenvalue weighted by molar-refractivity contribution is -0.385. The molecule has 0 bridgehead atoms. The molecule has 92 valence electrons. The number of nitrogens with one attached hydrogen (secondary N) is 1. The molecule has 18 heavy (non-hydrogen) atoms. The molecular formula is C10H9N5O3. The van der Waals surface area contributed by atoms with Gasteiger partial charge >= 0.3 is 5.69 Å². The van der Waals surface area contributed by atoms with Crippen LogP contribution in [0.3, 0.4) is 0 Å². The maximum Gasteiger partial charge on any atom is 0.305 e. The zero-order valence-corrected chi connectivity index (χ0v) is 9.29. The van der Waals surface area contributed by atoms with Crippen molar-refractivity contribution in [1.82, 2.24) is 10.3 Å². The Balaban J connectivity index is 2.33. The lowest BCUT2D eigenvalue weighted by Gasteiger charge is -2.27. The van der Waals surface area contributed by atoms with Crippen molar-refractivity contribution < 1.29 is 9.72 Å². The Kier molecular flexibility index (Phi) is 3.05. The van der Waals surface area contributed by atoms with Gasteiger partial charge in [0.05, 0.1) is 11.5 Å². The first-order valence-corrected chi connectivity index (χ1v) is 5.19. The Morgan fingerprint density at radius 3 is 2.94 bits per heavy atom. The number of anilines is 1. The van der Waals surface area contributed by atoms with E-state index >= 15 is 0 Å². The molecule has 2 heterocycles. The van der Waals surface area contributed by atoms with Gasteiger partial charge in [-0.3, -0.25) is 14.9 Å². The van der Waals surface area contributed by atoms with E-state index in [1.807, 2.05) is 0 Å². The fraction of sp³-hybridized carbons (Fsp3) is 0.300. The predicted octanol–water partition coefficient (Wildman–Crippen LogP) is -0.202. The number of carbonyl (C=O) groups is 1. The first-order chi connectivity index (χ1) is 8.61. The minimum atomic E-state index is -0.655. The molecule has 8 heteroatoms. The summed E-state index contributed by atoms with van der Waals surface area (Å²) in [4.78, 5) is 26.8. The number of carbonyl (C=O) groups excluding carboxylic acids is 1. The van der Waals surface area contributed by atoms with E-state index in [4.69, 9.17) is 5.26 Å². The molecule has 1 amide bonds. The molecule has 1 N–H and O–H groups in total. The van der Waals surface area contributed by atoms with Crippen LogP contribution in [-0.2, 0) is 4.79 Å². The van der Waals surface area contributed by atoms with Crippen LogP contribution in [0.5, 0.6) is 0 Å². The van der Waals surface area contributed by atoms with Crippen LogP contribution >= 0.6 is 0 Å².